The highest BCUT2D eigenvalue weighted by Gasteiger charge is 2.29. The van der Waals surface area contributed by atoms with Crippen LogP contribution in [0.25, 0.3) is 0 Å². The predicted molar refractivity (Wildman–Crippen MR) is 81.9 cm³/mol. The lowest BCUT2D eigenvalue weighted by molar-refractivity contribution is 0.145. The molecular formula is C17H35N. The topological polar surface area (TPSA) is 12.0 Å². The average Bonchev–Trinajstić information content (AvgIpc) is 2.27. The Morgan fingerprint density at radius 3 is 2.11 bits per heavy atom. The molecule has 0 spiro atoms. The van der Waals surface area contributed by atoms with Gasteiger partial charge in [-0.1, -0.05) is 60.3 Å². The summed E-state index contributed by atoms with van der Waals surface area (Å²) in [5.74, 6) is 2.00. The maximum atomic E-state index is 3.51. The van der Waals surface area contributed by atoms with Crippen LogP contribution in [0.3, 0.4) is 0 Å². The highest BCUT2D eigenvalue weighted by molar-refractivity contribution is 4.80. The van der Waals surface area contributed by atoms with E-state index in [4.69, 9.17) is 0 Å². The third-order valence-corrected chi connectivity index (χ3v) is 4.66. The molecule has 0 amide bonds. The van der Waals surface area contributed by atoms with Crippen molar-refractivity contribution in [3.05, 3.63) is 0 Å². The Hall–Kier alpha value is -0.0400. The Labute approximate surface area is 115 Å². The van der Waals surface area contributed by atoms with Gasteiger partial charge in [-0.2, -0.15) is 0 Å². The molecule has 0 heterocycles. The third-order valence-electron chi connectivity index (χ3n) is 4.66. The Morgan fingerprint density at radius 2 is 1.61 bits per heavy atom. The van der Waals surface area contributed by atoms with Crippen LogP contribution in [0.15, 0.2) is 0 Å². The minimum absolute atomic E-state index is 0.534. The van der Waals surface area contributed by atoms with E-state index in [1.54, 1.807) is 0 Å². The van der Waals surface area contributed by atoms with Crippen molar-refractivity contribution < 1.29 is 0 Å². The number of hydrogen-bond donors (Lipinski definition) is 1. The van der Waals surface area contributed by atoms with E-state index >= 15 is 0 Å². The lowest BCUT2D eigenvalue weighted by Crippen LogP contribution is -2.26. The van der Waals surface area contributed by atoms with Crippen molar-refractivity contribution >= 4 is 0 Å². The quantitative estimate of drug-likeness (QED) is 0.656. The van der Waals surface area contributed by atoms with Gasteiger partial charge < -0.3 is 5.32 Å². The maximum Gasteiger partial charge on any atom is 0.00103 e. The lowest BCUT2D eigenvalue weighted by atomic mass is 9.69. The van der Waals surface area contributed by atoms with Crippen molar-refractivity contribution in [1.82, 2.24) is 5.32 Å². The molecule has 1 N–H and O–H groups in total. The van der Waals surface area contributed by atoms with E-state index in [0.717, 1.165) is 11.8 Å². The Kier molecular flexibility index (Phi) is 6.70. The van der Waals surface area contributed by atoms with Gasteiger partial charge >= 0.3 is 0 Å². The molecule has 1 aliphatic carbocycles. The number of hydrogen-bond acceptors (Lipinski definition) is 1. The average molecular weight is 253 g/mol. The molecule has 1 rings (SSSR count). The Morgan fingerprint density at radius 1 is 1.00 bits per heavy atom. The van der Waals surface area contributed by atoms with Gasteiger partial charge in [0.15, 0.2) is 0 Å². The molecule has 0 aromatic rings. The second-order valence-corrected chi connectivity index (χ2v) is 7.69. The zero-order valence-corrected chi connectivity index (χ0v) is 13.4. The van der Waals surface area contributed by atoms with Crippen LogP contribution >= 0.6 is 0 Å². The van der Waals surface area contributed by atoms with Gasteiger partial charge in [0.25, 0.3) is 0 Å². The molecule has 0 aromatic carbocycles. The van der Waals surface area contributed by atoms with Crippen LogP contribution in [0.4, 0.5) is 0 Å². The van der Waals surface area contributed by atoms with Crippen molar-refractivity contribution in [3.8, 4) is 0 Å². The molecule has 0 saturated heterocycles. The van der Waals surface area contributed by atoms with Crippen LogP contribution in [-0.4, -0.2) is 12.6 Å². The summed E-state index contributed by atoms with van der Waals surface area (Å²) in [6.45, 7) is 12.9. The van der Waals surface area contributed by atoms with Crippen LogP contribution in [0.2, 0.25) is 0 Å². The van der Waals surface area contributed by atoms with Gasteiger partial charge in [0.05, 0.1) is 0 Å². The van der Waals surface area contributed by atoms with E-state index in [1.807, 2.05) is 0 Å². The van der Waals surface area contributed by atoms with Crippen molar-refractivity contribution in [2.45, 2.75) is 85.6 Å². The molecule has 0 bridgehead atoms. The fraction of sp³-hybridized carbons (Fsp3) is 1.00. The Bertz CT molecular complexity index is 206. The molecular weight excluding hydrogens is 218 g/mol. The predicted octanol–water partition coefficient (Wildman–Crippen LogP) is 5.01. The first kappa shape index (κ1) is 16.0. The van der Waals surface area contributed by atoms with E-state index in [2.05, 4.69) is 39.9 Å². The van der Waals surface area contributed by atoms with Crippen molar-refractivity contribution in [3.63, 3.8) is 0 Å². The monoisotopic (exact) mass is 253 g/mol. The minimum atomic E-state index is 0.534. The highest BCUT2D eigenvalue weighted by atomic mass is 14.9. The molecule has 108 valence electrons. The molecule has 0 aromatic heterocycles. The smallest absolute Gasteiger partial charge is 0.00103 e. The van der Waals surface area contributed by atoms with Gasteiger partial charge in [0, 0.05) is 6.04 Å². The van der Waals surface area contributed by atoms with Crippen LogP contribution in [0, 0.1) is 17.3 Å². The summed E-state index contributed by atoms with van der Waals surface area (Å²) in [5, 5.41) is 3.51. The largest absolute Gasteiger partial charge is 0.315 e. The molecule has 1 heteroatoms. The summed E-state index contributed by atoms with van der Waals surface area (Å²) in [7, 11) is 0. The Balaban J connectivity index is 2.06. The molecule has 18 heavy (non-hydrogen) atoms. The van der Waals surface area contributed by atoms with Crippen molar-refractivity contribution in [1.29, 1.82) is 0 Å². The normalized spacial score (nSPS) is 25.7. The summed E-state index contributed by atoms with van der Waals surface area (Å²) < 4.78 is 0. The second-order valence-electron chi connectivity index (χ2n) is 7.69. The first-order valence-corrected chi connectivity index (χ1v) is 8.13. The fourth-order valence-electron chi connectivity index (χ4n) is 3.27. The fourth-order valence-corrected chi connectivity index (χ4v) is 3.27. The number of nitrogens with one attached hydrogen (secondary N) is 1. The number of unbranched alkanes of at least 4 members (excludes halogenated alkanes) is 1. The molecule has 0 aliphatic heterocycles. The first-order valence-electron chi connectivity index (χ1n) is 8.13. The molecule has 1 saturated carbocycles. The van der Waals surface area contributed by atoms with Gasteiger partial charge in [0.1, 0.15) is 0 Å². The third kappa shape index (κ3) is 6.22. The van der Waals surface area contributed by atoms with Gasteiger partial charge in [-0.25, -0.2) is 0 Å². The lowest BCUT2D eigenvalue weighted by Gasteiger charge is -2.37. The van der Waals surface area contributed by atoms with E-state index in [1.165, 1.54) is 51.5 Å². The highest BCUT2D eigenvalue weighted by Crippen LogP contribution is 2.40. The summed E-state index contributed by atoms with van der Waals surface area (Å²) >= 11 is 0. The van der Waals surface area contributed by atoms with Gasteiger partial charge in [0.2, 0.25) is 0 Å². The van der Waals surface area contributed by atoms with Crippen LogP contribution in [0.5, 0.6) is 0 Å². The maximum absolute atomic E-state index is 3.51. The number of rotatable bonds is 6. The molecule has 1 fully saturated rings. The summed E-state index contributed by atoms with van der Waals surface area (Å²) in [6, 6.07) is 0.646. The first-order chi connectivity index (χ1) is 8.39. The van der Waals surface area contributed by atoms with Crippen molar-refractivity contribution in [2.24, 2.45) is 17.3 Å². The van der Waals surface area contributed by atoms with Gasteiger partial charge in [-0.3, -0.25) is 0 Å². The van der Waals surface area contributed by atoms with E-state index in [0.29, 0.717) is 11.5 Å². The van der Waals surface area contributed by atoms with Crippen LogP contribution in [-0.2, 0) is 0 Å². The summed E-state index contributed by atoms with van der Waals surface area (Å²) in [5.41, 5.74) is 0.534. The van der Waals surface area contributed by atoms with E-state index in [9.17, 15) is 0 Å². The zero-order chi connectivity index (χ0) is 13.6. The SMILES string of the molecule is CC(C)NCCCCC1CCC(C(C)(C)C)CC1. The molecule has 1 nitrogen and oxygen atoms in total. The molecule has 0 unspecified atom stereocenters. The van der Waals surface area contributed by atoms with Gasteiger partial charge in [-0.15, -0.1) is 0 Å². The van der Waals surface area contributed by atoms with Crippen LogP contribution in [0.1, 0.15) is 79.6 Å². The molecule has 0 radical (unpaired) electrons. The summed E-state index contributed by atoms with van der Waals surface area (Å²) in [6.07, 6.45) is 10.2. The summed E-state index contributed by atoms with van der Waals surface area (Å²) in [4.78, 5) is 0. The van der Waals surface area contributed by atoms with E-state index < -0.39 is 0 Å². The van der Waals surface area contributed by atoms with Gasteiger partial charge in [-0.05, 0) is 43.1 Å². The standard InChI is InChI=1S/C17H35N/c1-14(2)18-13-7-6-8-15-9-11-16(12-10-15)17(3,4)5/h14-16,18H,6-13H2,1-5H3. The van der Waals surface area contributed by atoms with E-state index in [-0.39, 0.29) is 0 Å². The second kappa shape index (κ2) is 7.53. The minimum Gasteiger partial charge on any atom is -0.315 e. The molecule has 1 aliphatic rings. The molecule has 0 atom stereocenters. The zero-order valence-electron chi connectivity index (χ0n) is 13.4. The van der Waals surface area contributed by atoms with Crippen molar-refractivity contribution in [2.75, 3.05) is 6.54 Å². The van der Waals surface area contributed by atoms with Crippen LogP contribution < -0.4 is 5.32 Å².